The summed E-state index contributed by atoms with van der Waals surface area (Å²) in [5.74, 6) is 0.0518. The molecule has 88 valence electrons. The predicted molar refractivity (Wildman–Crippen MR) is 59.6 cm³/mol. The summed E-state index contributed by atoms with van der Waals surface area (Å²) in [6, 6.07) is 0.768. The molecule has 2 N–H and O–H groups in total. The van der Waals surface area contributed by atoms with Gasteiger partial charge in [-0.1, -0.05) is 6.92 Å². The summed E-state index contributed by atoms with van der Waals surface area (Å²) in [7, 11) is 0. The summed E-state index contributed by atoms with van der Waals surface area (Å²) in [6.45, 7) is 5.00. The fourth-order valence-corrected chi connectivity index (χ4v) is 1.71. The van der Waals surface area contributed by atoms with E-state index in [0.29, 0.717) is 12.8 Å². The van der Waals surface area contributed by atoms with Crippen LogP contribution in [0.4, 0.5) is 0 Å². The molecule has 1 rings (SSSR count). The summed E-state index contributed by atoms with van der Waals surface area (Å²) in [5.41, 5.74) is 0. The lowest BCUT2D eigenvalue weighted by molar-refractivity contribution is -0.121. The molecule has 0 aromatic rings. The van der Waals surface area contributed by atoms with E-state index in [2.05, 4.69) is 17.1 Å². The Kier molecular flexibility index (Phi) is 5.65. The summed E-state index contributed by atoms with van der Waals surface area (Å²) < 4.78 is 0. The predicted octanol–water partition coefficient (Wildman–Crippen LogP) is 0.359. The molecule has 0 spiro atoms. The molecule has 0 saturated heterocycles. The van der Waals surface area contributed by atoms with Crippen molar-refractivity contribution in [3.63, 3.8) is 0 Å². The van der Waals surface area contributed by atoms with Gasteiger partial charge in [-0.15, -0.1) is 0 Å². The average Bonchev–Trinajstić information content (AvgIpc) is 3.05. The number of rotatable bonds is 8. The van der Waals surface area contributed by atoms with E-state index in [1.165, 1.54) is 12.8 Å². The van der Waals surface area contributed by atoms with Crippen molar-refractivity contribution in [3.05, 3.63) is 0 Å². The fraction of sp³-hybridized carbons (Fsp3) is 0.909. The summed E-state index contributed by atoms with van der Waals surface area (Å²) in [4.78, 5) is 13.6. The van der Waals surface area contributed by atoms with Crippen molar-refractivity contribution in [2.24, 2.45) is 0 Å². The van der Waals surface area contributed by atoms with Crippen LogP contribution in [-0.4, -0.2) is 48.2 Å². The summed E-state index contributed by atoms with van der Waals surface area (Å²) in [6.07, 6.45) is 3.62. The Labute approximate surface area is 91.6 Å². The minimum Gasteiger partial charge on any atom is -0.396 e. The minimum absolute atomic E-state index is 0.0518. The maximum Gasteiger partial charge on any atom is 0.220 e. The first-order chi connectivity index (χ1) is 7.27. The van der Waals surface area contributed by atoms with E-state index in [9.17, 15) is 4.79 Å². The highest BCUT2D eigenvalue weighted by Gasteiger charge is 2.27. The quantitative estimate of drug-likeness (QED) is 0.613. The van der Waals surface area contributed by atoms with Crippen molar-refractivity contribution in [2.45, 2.75) is 38.6 Å². The molecule has 0 bridgehead atoms. The molecule has 15 heavy (non-hydrogen) atoms. The molecule has 4 nitrogen and oxygen atoms in total. The van der Waals surface area contributed by atoms with Crippen molar-refractivity contribution in [1.82, 2.24) is 10.2 Å². The van der Waals surface area contributed by atoms with Crippen LogP contribution >= 0.6 is 0 Å². The molecule has 1 amide bonds. The zero-order valence-electron chi connectivity index (χ0n) is 9.54. The van der Waals surface area contributed by atoms with Crippen LogP contribution < -0.4 is 5.32 Å². The van der Waals surface area contributed by atoms with E-state index in [0.717, 1.165) is 25.7 Å². The lowest BCUT2D eigenvalue weighted by Gasteiger charge is -2.19. The molecular weight excluding hydrogens is 192 g/mol. The van der Waals surface area contributed by atoms with E-state index >= 15 is 0 Å². The maximum atomic E-state index is 11.2. The van der Waals surface area contributed by atoms with Crippen LogP contribution in [0.15, 0.2) is 0 Å². The van der Waals surface area contributed by atoms with E-state index in [1.54, 1.807) is 0 Å². The normalized spacial score (nSPS) is 15.7. The van der Waals surface area contributed by atoms with Gasteiger partial charge in [-0.25, -0.2) is 0 Å². The van der Waals surface area contributed by atoms with Gasteiger partial charge in [0.2, 0.25) is 5.91 Å². The molecule has 1 fully saturated rings. The first-order valence-corrected chi connectivity index (χ1v) is 5.89. The molecule has 0 aromatic heterocycles. The molecule has 1 aliphatic carbocycles. The Balaban J connectivity index is 2.01. The third-order valence-corrected chi connectivity index (χ3v) is 2.75. The van der Waals surface area contributed by atoms with Crippen LogP contribution in [0.2, 0.25) is 0 Å². The average molecular weight is 214 g/mol. The van der Waals surface area contributed by atoms with Gasteiger partial charge in [0.1, 0.15) is 0 Å². The van der Waals surface area contributed by atoms with Crippen LogP contribution in [0.5, 0.6) is 0 Å². The van der Waals surface area contributed by atoms with Crippen LogP contribution in [0.25, 0.3) is 0 Å². The number of hydrogen-bond acceptors (Lipinski definition) is 3. The molecule has 1 saturated carbocycles. The number of aliphatic hydroxyl groups excluding tert-OH is 1. The van der Waals surface area contributed by atoms with Crippen molar-refractivity contribution in [1.29, 1.82) is 0 Å². The van der Waals surface area contributed by atoms with E-state index in [4.69, 9.17) is 5.11 Å². The molecule has 1 aliphatic rings. The second kappa shape index (κ2) is 6.80. The second-order valence-electron chi connectivity index (χ2n) is 4.04. The third kappa shape index (κ3) is 5.14. The molecule has 0 unspecified atom stereocenters. The molecule has 0 aliphatic heterocycles. The van der Waals surface area contributed by atoms with Crippen molar-refractivity contribution in [2.75, 3.05) is 26.2 Å². The van der Waals surface area contributed by atoms with Gasteiger partial charge >= 0.3 is 0 Å². The monoisotopic (exact) mass is 214 g/mol. The number of carbonyl (C=O) groups excluding carboxylic acids is 1. The van der Waals surface area contributed by atoms with Gasteiger partial charge in [0.25, 0.3) is 0 Å². The van der Waals surface area contributed by atoms with Crippen LogP contribution in [-0.2, 0) is 4.79 Å². The van der Waals surface area contributed by atoms with Crippen LogP contribution in [0.1, 0.15) is 32.6 Å². The SMILES string of the molecule is CCN(CCNC(=O)CCCO)C1CC1. The van der Waals surface area contributed by atoms with Gasteiger partial charge in [0.15, 0.2) is 0 Å². The van der Waals surface area contributed by atoms with E-state index in [-0.39, 0.29) is 12.5 Å². The molecular formula is C11H22N2O2. The van der Waals surface area contributed by atoms with Crippen molar-refractivity contribution < 1.29 is 9.90 Å². The summed E-state index contributed by atoms with van der Waals surface area (Å²) in [5, 5.41) is 11.4. The third-order valence-electron chi connectivity index (χ3n) is 2.75. The van der Waals surface area contributed by atoms with Gasteiger partial charge < -0.3 is 10.4 Å². The van der Waals surface area contributed by atoms with Gasteiger partial charge in [-0.2, -0.15) is 0 Å². The minimum atomic E-state index is 0.0518. The Morgan fingerprint density at radius 1 is 1.53 bits per heavy atom. The standard InChI is InChI=1S/C11H22N2O2/c1-2-13(10-5-6-10)8-7-12-11(15)4-3-9-14/h10,14H,2-9H2,1H3,(H,12,15). The Morgan fingerprint density at radius 2 is 2.27 bits per heavy atom. The van der Waals surface area contributed by atoms with Crippen LogP contribution in [0, 0.1) is 0 Å². The molecule has 0 radical (unpaired) electrons. The number of nitrogens with one attached hydrogen (secondary N) is 1. The lowest BCUT2D eigenvalue weighted by Crippen LogP contribution is -2.36. The summed E-state index contributed by atoms with van der Waals surface area (Å²) >= 11 is 0. The Hall–Kier alpha value is -0.610. The zero-order chi connectivity index (χ0) is 11.1. The van der Waals surface area contributed by atoms with Gasteiger partial charge in [0.05, 0.1) is 0 Å². The Morgan fingerprint density at radius 3 is 2.80 bits per heavy atom. The number of hydrogen-bond donors (Lipinski definition) is 2. The van der Waals surface area contributed by atoms with Gasteiger partial charge in [0, 0.05) is 32.2 Å². The first kappa shape index (κ1) is 12.5. The highest BCUT2D eigenvalue weighted by molar-refractivity contribution is 5.75. The van der Waals surface area contributed by atoms with Crippen molar-refractivity contribution >= 4 is 5.91 Å². The highest BCUT2D eigenvalue weighted by atomic mass is 16.3. The van der Waals surface area contributed by atoms with Crippen molar-refractivity contribution in [3.8, 4) is 0 Å². The molecule has 0 atom stereocenters. The smallest absolute Gasteiger partial charge is 0.220 e. The lowest BCUT2D eigenvalue weighted by atomic mass is 10.3. The maximum absolute atomic E-state index is 11.2. The zero-order valence-corrected chi connectivity index (χ0v) is 9.54. The van der Waals surface area contributed by atoms with E-state index < -0.39 is 0 Å². The van der Waals surface area contributed by atoms with Gasteiger partial charge in [-0.05, 0) is 25.8 Å². The topological polar surface area (TPSA) is 52.6 Å². The highest BCUT2D eigenvalue weighted by Crippen LogP contribution is 2.25. The molecule has 4 heteroatoms. The molecule has 0 heterocycles. The molecule has 0 aromatic carbocycles. The number of nitrogens with zero attached hydrogens (tertiary/aromatic N) is 1. The largest absolute Gasteiger partial charge is 0.396 e. The number of aliphatic hydroxyl groups is 1. The Bertz CT molecular complexity index is 193. The van der Waals surface area contributed by atoms with Crippen LogP contribution in [0.3, 0.4) is 0 Å². The van der Waals surface area contributed by atoms with Gasteiger partial charge in [-0.3, -0.25) is 9.69 Å². The number of carbonyl (C=O) groups is 1. The first-order valence-electron chi connectivity index (χ1n) is 5.89. The number of likely N-dealkylation sites (N-methyl/N-ethyl adjacent to an activating group) is 1. The van der Waals surface area contributed by atoms with E-state index in [1.807, 2.05) is 0 Å². The second-order valence-corrected chi connectivity index (χ2v) is 4.04. The fourth-order valence-electron chi connectivity index (χ4n) is 1.71. The number of amides is 1.